The second-order valence-electron chi connectivity index (χ2n) is 4.92. The van der Waals surface area contributed by atoms with Crippen LogP contribution >= 0.6 is 15.9 Å². The van der Waals surface area contributed by atoms with E-state index in [9.17, 15) is 4.79 Å². The van der Waals surface area contributed by atoms with E-state index < -0.39 is 6.04 Å². The lowest BCUT2D eigenvalue weighted by Gasteiger charge is -2.26. The number of ketones is 1. The van der Waals surface area contributed by atoms with Crippen LogP contribution in [0.15, 0.2) is 59.1 Å². The largest absolute Gasteiger partial charge is 0.372 e. The van der Waals surface area contributed by atoms with Crippen LogP contribution in [0.5, 0.6) is 0 Å². The van der Waals surface area contributed by atoms with Gasteiger partial charge in [0.25, 0.3) is 0 Å². The fraction of sp³-hybridized carbons (Fsp3) is 0.278. The van der Waals surface area contributed by atoms with Crippen molar-refractivity contribution in [3.8, 4) is 0 Å². The van der Waals surface area contributed by atoms with Crippen LogP contribution in [0.3, 0.4) is 0 Å². The molecule has 1 N–H and O–H groups in total. The quantitative estimate of drug-likeness (QED) is 0.757. The van der Waals surface area contributed by atoms with Gasteiger partial charge in [-0.2, -0.15) is 0 Å². The molecule has 0 aliphatic heterocycles. The zero-order valence-corrected chi connectivity index (χ0v) is 14.3. The third-order valence-electron chi connectivity index (χ3n) is 3.50. The molecule has 2 aromatic rings. The minimum atomic E-state index is -0.427. The summed E-state index contributed by atoms with van der Waals surface area (Å²) in [5.41, 5.74) is 1.66. The van der Waals surface area contributed by atoms with Crippen LogP contribution in [-0.4, -0.2) is 25.5 Å². The molecular formula is C18H20BrNO2. The number of rotatable bonds is 7. The van der Waals surface area contributed by atoms with E-state index in [0.717, 1.165) is 10.0 Å². The number of hydrogen-bond donors (Lipinski definition) is 1. The van der Waals surface area contributed by atoms with Crippen molar-refractivity contribution in [2.45, 2.75) is 19.1 Å². The molecule has 0 saturated carbocycles. The summed E-state index contributed by atoms with van der Waals surface area (Å²) in [4.78, 5) is 12.8. The summed E-state index contributed by atoms with van der Waals surface area (Å²) in [7, 11) is 1.79. The zero-order chi connectivity index (χ0) is 15.9. The first-order valence-electron chi connectivity index (χ1n) is 7.31. The molecule has 0 spiro atoms. The van der Waals surface area contributed by atoms with E-state index in [-0.39, 0.29) is 11.9 Å². The number of likely N-dealkylation sites (N-methyl/N-ethyl adjacent to an activating group) is 1. The molecule has 0 saturated heterocycles. The first-order chi connectivity index (χ1) is 10.7. The van der Waals surface area contributed by atoms with Crippen LogP contribution in [0.1, 0.15) is 28.9 Å². The fourth-order valence-corrected chi connectivity index (χ4v) is 2.68. The first-order valence-corrected chi connectivity index (χ1v) is 8.10. The van der Waals surface area contributed by atoms with Gasteiger partial charge in [-0.15, -0.1) is 0 Å². The van der Waals surface area contributed by atoms with Gasteiger partial charge in [-0.1, -0.05) is 58.4 Å². The Morgan fingerprint density at radius 2 is 1.77 bits per heavy atom. The number of nitrogens with one attached hydrogen (secondary N) is 1. The minimum absolute atomic E-state index is 0.0319. The lowest BCUT2D eigenvalue weighted by molar-refractivity contribution is 0.0332. The molecule has 0 aliphatic rings. The smallest absolute Gasteiger partial charge is 0.182 e. The summed E-state index contributed by atoms with van der Waals surface area (Å²) in [5.74, 6) is 0.0319. The summed E-state index contributed by atoms with van der Waals surface area (Å²) < 4.78 is 6.87. The van der Waals surface area contributed by atoms with Crippen LogP contribution in [-0.2, 0) is 4.74 Å². The summed E-state index contributed by atoms with van der Waals surface area (Å²) in [6, 6.07) is 16.8. The number of carbonyl (C=O) groups excluding carboxylic acids is 1. The number of Topliss-reactive ketones (excluding diaryl/α,β-unsaturated/α-hetero) is 1. The highest BCUT2D eigenvalue weighted by atomic mass is 79.9. The number of halogens is 1. The van der Waals surface area contributed by atoms with Crippen molar-refractivity contribution in [2.24, 2.45) is 0 Å². The lowest BCUT2D eigenvalue weighted by Crippen LogP contribution is -2.40. The highest BCUT2D eigenvalue weighted by molar-refractivity contribution is 9.10. The van der Waals surface area contributed by atoms with Crippen molar-refractivity contribution < 1.29 is 9.53 Å². The van der Waals surface area contributed by atoms with Gasteiger partial charge in [-0.3, -0.25) is 4.79 Å². The molecule has 0 bridgehead atoms. The number of carbonyl (C=O) groups is 1. The van der Waals surface area contributed by atoms with E-state index in [0.29, 0.717) is 12.2 Å². The van der Waals surface area contributed by atoms with E-state index in [2.05, 4.69) is 21.2 Å². The van der Waals surface area contributed by atoms with Gasteiger partial charge < -0.3 is 10.1 Å². The normalized spacial score (nSPS) is 13.6. The van der Waals surface area contributed by atoms with Crippen LogP contribution in [0, 0.1) is 0 Å². The lowest BCUT2D eigenvalue weighted by atomic mass is 9.95. The van der Waals surface area contributed by atoms with Crippen LogP contribution in [0.4, 0.5) is 0 Å². The van der Waals surface area contributed by atoms with Crippen molar-refractivity contribution in [3.05, 3.63) is 70.2 Å². The molecule has 3 nitrogen and oxygen atoms in total. The Kier molecular flexibility index (Phi) is 6.31. The second kappa shape index (κ2) is 8.22. The predicted molar refractivity (Wildman–Crippen MR) is 92.1 cm³/mol. The van der Waals surface area contributed by atoms with Gasteiger partial charge in [0.1, 0.15) is 12.1 Å². The van der Waals surface area contributed by atoms with E-state index in [1.807, 2.05) is 61.5 Å². The van der Waals surface area contributed by atoms with Gasteiger partial charge in [0, 0.05) is 16.6 Å². The molecule has 2 aromatic carbocycles. The minimum Gasteiger partial charge on any atom is -0.372 e. The number of hydrogen-bond acceptors (Lipinski definition) is 3. The zero-order valence-electron chi connectivity index (χ0n) is 12.8. The standard InChI is InChI=1S/C18H20BrNO2/c1-3-22-18(14-9-11-15(19)12-10-14)16(20-2)17(21)13-7-5-4-6-8-13/h4-12,16,18,20H,3H2,1-2H3/t16-,18-/m1/s1. The molecule has 0 radical (unpaired) electrons. The molecule has 4 heteroatoms. The van der Waals surface area contributed by atoms with Crippen molar-refractivity contribution in [2.75, 3.05) is 13.7 Å². The molecule has 0 heterocycles. The molecule has 116 valence electrons. The van der Waals surface area contributed by atoms with E-state index in [1.165, 1.54) is 0 Å². The molecule has 0 aromatic heterocycles. The predicted octanol–water partition coefficient (Wildman–Crippen LogP) is 4.00. The maximum atomic E-state index is 12.8. The van der Waals surface area contributed by atoms with Gasteiger partial charge in [-0.05, 0) is 31.7 Å². The van der Waals surface area contributed by atoms with E-state index >= 15 is 0 Å². The molecule has 2 rings (SSSR count). The van der Waals surface area contributed by atoms with Crippen LogP contribution < -0.4 is 5.32 Å². The van der Waals surface area contributed by atoms with E-state index in [1.54, 1.807) is 7.05 Å². The average Bonchev–Trinajstić information content (AvgIpc) is 2.56. The molecule has 0 fully saturated rings. The third kappa shape index (κ3) is 4.03. The Labute approximate surface area is 139 Å². The van der Waals surface area contributed by atoms with Gasteiger partial charge in [0.2, 0.25) is 0 Å². The topological polar surface area (TPSA) is 38.3 Å². The van der Waals surface area contributed by atoms with Crippen molar-refractivity contribution in [1.29, 1.82) is 0 Å². The van der Waals surface area contributed by atoms with Crippen molar-refractivity contribution >= 4 is 21.7 Å². The second-order valence-corrected chi connectivity index (χ2v) is 5.84. The fourth-order valence-electron chi connectivity index (χ4n) is 2.42. The Balaban J connectivity index is 2.31. The molecule has 0 amide bonds. The molecule has 0 aliphatic carbocycles. The molecule has 0 unspecified atom stereocenters. The monoisotopic (exact) mass is 361 g/mol. The summed E-state index contributed by atoms with van der Waals surface area (Å²) in [6.45, 7) is 2.48. The maximum absolute atomic E-state index is 12.8. The first kappa shape index (κ1) is 16.9. The van der Waals surface area contributed by atoms with Crippen LogP contribution in [0.2, 0.25) is 0 Å². The number of benzene rings is 2. The summed E-state index contributed by atoms with van der Waals surface area (Å²) >= 11 is 3.43. The van der Waals surface area contributed by atoms with E-state index in [4.69, 9.17) is 4.74 Å². The molecular weight excluding hydrogens is 342 g/mol. The molecule has 2 atom stereocenters. The summed E-state index contributed by atoms with van der Waals surface area (Å²) in [5, 5.41) is 3.11. The third-order valence-corrected chi connectivity index (χ3v) is 4.03. The summed E-state index contributed by atoms with van der Waals surface area (Å²) in [6.07, 6.45) is -0.323. The Morgan fingerprint density at radius 3 is 2.32 bits per heavy atom. The van der Waals surface area contributed by atoms with Gasteiger partial charge in [-0.25, -0.2) is 0 Å². The Bertz CT molecular complexity index is 598. The Hall–Kier alpha value is -1.49. The Morgan fingerprint density at radius 1 is 1.14 bits per heavy atom. The highest BCUT2D eigenvalue weighted by Gasteiger charge is 2.29. The maximum Gasteiger partial charge on any atom is 0.182 e. The van der Waals surface area contributed by atoms with Gasteiger partial charge >= 0.3 is 0 Å². The molecule has 22 heavy (non-hydrogen) atoms. The number of ether oxygens (including phenoxy) is 1. The highest BCUT2D eigenvalue weighted by Crippen LogP contribution is 2.25. The van der Waals surface area contributed by atoms with Gasteiger partial charge in [0.05, 0.1) is 0 Å². The average molecular weight is 362 g/mol. The van der Waals surface area contributed by atoms with Crippen molar-refractivity contribution in [3.63, 3.8) is 0 Å². The van der Waals surface area contributed by atoms with Gasteiger partial charge in [0.15, 0.2) is 5.78 Å². The van der Waals surface area contributed by atoms with Crippen LogP contribution in [0.25, 0.3) is 0 Å². The van der Waals surface area contributed by atoms with Crippen molar-refractivity contribution in [1.82, 2.24) is 5.32 Å². The SMILES string of the molecule is CCO[C@H](c1ccc(Br)cc1)[C@H](NC)C(=O)c1ccccc1.